The second-order valence-electron chi connectivity index (χ2n) is 5.75. The highest BCUT2D eigenvalue weighted by Crippen LogP contribution is 2.43. The molecule has 1 heterocycles. The van der Waals surface area contributed by atoms with Crippen LogP contribution in [0, 0.1) is 5.82 Å². The standard InChI is InChI=1S/C15H19FN2O3/c16-12-8-10(14(17)18-19)2-3-13(12)21-11-4-7-20-15(9-11)5-1-6-15/h2-3,8,11,19H,1,4-7,9H2,(H2,17,18). The van der Waals surface area contributed by atoms with E-state index in [0.29, 0.717) is 12.2 Å². The molecule has 1 atom stereocenters. The van der Waals surface area contributed by atoms with Gasteiger partial charge in [0.2, 0.25) is 0 Å². The summed E-state index contributed by atoms with van der Waals surface area (Å²) in [5, 5.41) is 11.4. The zero-order valence-corrected chi connectivity index (χ0v) is 11.7. The van der Waals surface area contributed by atoms with Crippen molar-refractivity contribution < 1.29 is 19.1 Å². The molecule has 1 aliphatic carbocycles. The predicted molar refractivity (Wildman–Crippen MR) is 75.1 cm³/mol. The van der Waals surface area contributed by atoms with Gasteiger partial charge in [0, 0.05) is 18.4 Å². The Morgan fingerprint density at radius 1 is 1.48 bits per heavy atom. The van der Waals surface area contributed by atoms with E-state index in [2.05, 4.69) is 5.16 Å². The number of amidine groups is 1. The first kappa shape index (κ1) is 14.1. The summed E-state index contributed by atoms with van der Waals surface area (Å²) in [6.07, 6.45) is 4.88. The van der Waals surface area contributed by atoms with Crippen molar-refractivity contribution in [3.05, 3.63) is 29.6 Å². The SMILES string of the molecule is N/C(=N/O)c1ccc(OC2CCOC3(CCC3)C2)c(F)c1. The number of benzene rings is 1. The lowest BCUT2D eigenvalue weighted by Crippen LogP contribution is -2.48. The molecule has 5 nitrogen and oxygen atoms in total. The lowest BCUT2D eigenvalue weighted by molar-refractivity contribution is -0.153. The van der Waals surface area contributed by atoms with Gasteiger partial charge >= 0.3 is 0 Å². The Hall–Kier alpha value is -1.82. The van der Waals surface area contributed by atoms with Crippen molar-refractivity contribution in [2.45, 2.75) is 43.8 Å². The Bertz CT molecular complexity index is 558. The van der Waals surface area contributed by atoms with E-state index in [9.17, 15) is 4.39 Å². The molecule has 1 spiro atoms. The molecule has 1 saturated carbocycles. The molecule has 1 unspecified atom stereocenters. The predicted octanol–water partition coefficient (Wildman–Crippen LogP) is 2.40. The van der Waals surface area contributed by atoms with Crippen molar-refractivity contribution in [2.75, 3.05) is 6.61 Å². The van der Waals surface area contributed by atoms with Crippen LogP contribution in [0.5, 0.6) is 5.75 Å². The van der Waals surface area contributed by atoms with E-state index in [0.717, 1.165) is 25.7 Å². The molecule has 1 aromatic rings. The number of oxime groups is 1. The van der Waals surface area contributed by atoms with Crippen molar-refractivity contribution in [1.29, 1.82) is 0 Å². The van der Waals surface area contributed by atoms with Gasteiger partial charge in [-0.2, -0.15) is 0 Å². The number of rotatable bonds is 3. The van der Waals surface area contributed by atoms with Gasteiger partial charge in [0.05, 0.1) is 12.2 Å². The van der Waals surface area contributed by atoms with E-state index >= 15 is 0 Å². The van der Waals surface area contributed by atoms with Crippen LogP contribution in [0.25, 0.3) is 0 Å². The van der Waals surface area contributed by atoms with Crippen molar-refractivity contribution in [3.63, 3.8) is 0 Å². The summed E-state index contributed by atoms with van der Waals surface area (Å²) in [6, 6.07) is 4.31. The Balaban J connectivity index is 1.70. The molecule has 0 bridgehead atoms. The maximum Gasteiger partial charge on any atom is 0.170 e. The van der Waals surface area contributed by atoms with Gasteiger partial charge in [-0.3, -0.25) is 0 Å². The van der Waals surface area contributed by atoms with Crippen LogP contribution in [0.2, 0.25) is 0 Å². The van der Waals surface area contributed by atoms with Crippen LogP contribution >= 0.6 is 0 Å². The lowest BCUT2D eigenvalue weighted by Gasteiger charge is -2.46. The third-order valence-electron chi connectivity index (χ3n) is 4.34. The van der Waals surface area contributed by atoms with Crippen LogP contribution in [0.1, 0.15) is 37.7 Å². The van der Waals surface area contributed by atoms with E-state index in [4.69, 9.17) is 20.4 Å². The minimum Gasteiger partial charge on any atom is -0.487 e. The van der Waals surface area contributed by atoms with Crippen LogP contribution < -0.4 is 10.5 Å². The fourth-order valence-electron chi connectivity index (χ4n) is 3.00. The first-order valence-corrected chi connectivity index (χ1v) is 7.20. The molecule has 0 radical (unpaired) electrons. The summed E-state index contributed by atoms with van der Waals surface area (Å²) in [4.78, 5) is 0. The number of hydrogen-bond donors (Lipinski definition) is 2. The summed E-state index contributed by atoms with van der Waals surface area (Å²) >= 11 is 0. The fraction of sp³-hybridized carbons (Fsp3) is 0.533. The number of nitrogens with zero attached hydrogens (tertiary/aromatic N) is 1. The number of nitrogens with two attached hydrogens (primary N) is 1. The molecule has 21 heavy (non-hydrogen) atoms. The van der Waals surface area contributed by atoms with E-state index in [1.54, 1.807) is 6.07 Å². The lowest BCUT2D eigenvalue weighted by atomic mass is 9.74. The maximum atomic E-state index is 14.0. The molecule has 2 aliphatic rings. The van der Waals surface area contributed by atoms with Gasteiger partial charge in [0.25, 0.3) is 0 Å². The van der Waals surface area contributed by atoms with E-state index in [-0.39, 0.29) is 23.3 Å². The smallest absolute Gasteiger partial charge is 0.170 e. The zero-order valence-electron chi connectivity index (χ0n) is 11.7. The van der Waals surface area contributed by atoms with Crippen molar-refractivity contribution >= 4 is 5.84 Å². The molecular formula is C15H19FN2O3. The molecule has 3 N–H and O–H groups in total. The van der Waals surface area contributed by atoms with Crippen LogP contribution in [-0.2, 0) is 4.74 Å². The first-order valence-electron chi connectivity index (χ1n) is 7.20. The van der Waals surface area contributed by atoms with Gasteiger partial charge in [-0.1, -0.05) is 5.16 Å². The molecule has 3 rings (SSSR count). The van der Waals surface area contributed by atoms with Gasteiger partial charge in [-0.05, 0) is 37.5 Å². The van der Waals surface area contributed by atoms with Crippen LogP contribution in [0.4, 0.5) is 4.39 Å². The topological polar surface area (TPSA) is 77.1 Å². The Morgan fingerprint density at radius 3 is 2.90 bits per heavy atom. The monoisotopic (exact) mass is 294 g/mol. The molecule has 2 fully saturated rings. The Morgan fingerprint density at radius 2 is 2.29 bits per heavy atom. The van der Waals surface area contributed by atoms with Gasteiger partial charge in [-0.15, -0.1) is 0 Å². The van der Waals surface area contributed by atoms with E-state index in [1.165, 1.54) is 18.6 Å². The second-order valence-corrected chi connectivity index (χ2v) is 5.75. The molecule has 114 valence electrons. The quantitative estimate of drug-likeness (QED) is 0.388. The molecular weight excluding hydrogens is 275 g/mol. The molecule has 0 amide bonds. The van der Waals surface area contributed by atoms with Crippen LogP contribution in [0.3, 0.4) is 0 Å². The Kier molecular flexibility index (Phi) is 3.71. The Labute approximate surface area is 122 Å². The minimum absolute atomic E-state index is 0.0248. The summed E-state index contributed by atoms with van der Waals surface area (Å²) in [5.41, 5.74) is 5.72. The zero-order chi connectivity index (χ0) is 14.9. The van der Waals surface area contributed by atoms with E-state index in [1.807, 2.05) is 0 Å². The van der Waals surface area contributed by atoms with Crippen LogP contribution in [0.15, 0.2) is 23.4 Å². The highest BCUT2D eigenvalue weighted by Gasteiger charge is 2.43. The third kappa shape index (κ3) is 2.81. The van der Waals surface area contributed by atoms with Gasteiger partial charge in [0.15, 0.2) is 17.4 Å². The van der Waals surface area contributed by atoms with E-state index < -0.39 is 5.82 Å². The molecule has 1 aromatic carbocycles. The number of ether oxygens (including phenoxy) is 2. The highest BCUT2D eigenvalue weighted by atomic mass is 19.1. The second kappa shape index (κ2) is 5.52. The number of halogens is 1. The third-order valence-corrected chi connectivity index (χ3v) is 4.34. The molecule has 1 aliphatic heterocycles. The van der Waals surface area contributed by atoms with Gasteiger partial charge in [0.1, 0.15) is 6.10 Å². The van der Waals surface area contributed by atoms with Gasteiger partial charge < -0.3 is 20.4 Å². The summed E-state index contributed by atoms with van der Waals surface area (Å²) in [6.45, 7) is 0.661. The maximum absolute atomic E-state index is 14.0. The summed E-state index contributed by atoms with van der Waals surface area (Å²) in [7, 11) is 0. The van der Waals surface area contributed by atoms with Crippen molar-refractivity contribution in [2.24, 2.45) is 10.9 Å². The average molecular weight is 294 g/mol. The van der Waals surface area contributed by atoms with Crippen molar-refractivity contribution in [3.8, 4) is 5.75 Å². The number of hydrogen-bond acceptors (Lipinski definition) is 4. The summed E-state index contributed by atoms with van der Waals surface area (Å²) < 4.78 is 25.7. The normalized spacial score (nSPS) is 24.6. The first-order chi connectivity index (χ1) is 10.1. The molecule has 0 aromatic heterocycles. The average Bonchev–Trinajstić information content (AvgIpc) is 2.47. The van der Waals surface area contributed by atoms with Gasteiger partial charge in [-0.25, -0.2) is 4.39 Å². The highest BCUT2D eigenvalue weighted by molar-refractivity contribution is 5.97. The minimum atomic E-state index is -0.506. The largest absolute Gasteiger partial charge is 0.487 e. The fourth-order valence-corrected chi connectivity index (χ4v) is 3.00. The van der Waals surface area contributed by atoms with Crippen molar-refractivity contribution in [1.82, 2.24) is 0 Å². The van der Waals surface area contributed by atoms with Crippen LogP contribution in [-0.4, -0.2) is 29.4 Å². The molecule has 6 heteroatoms. The summed E-state index contributed by atoms with van der Waals surface area (Å²) in [5.74, 6) is -0.431. The molecule has 1 saturated heterocycles.